The zero-order valence-electron chi connectivity index (χ0n) is 10.4. The van der Waals surface area contributed by atoms with Crippen LogP contribution in [0.5, 0.6) is 0 Å². The summed E-state index contributed by atoms with van der Waals surface area (Å²) in [5.74, 6) is -0.226. The van der Waals surface area contributed by atoms with E-state index in [9.17, 15) is 4.79 Å². The molecule has 0 aromatic heterocycles. The molecule has 17 heavy (non-hydrogen) atoms. The van der Waals surface area contributed by atoms with Crippen LogP contribution in [0.25, 0.3) is 0 Å². The molecule has 1 atom stereocenters. The highest BCUT2D eigenvalue weighted by molar-refractivity contribution is 9.10. The number of rotatable bonds is 5. The molecule has 0 saturated carbocycles. The van der Waals surface area contributed by atoms with E-state index in [0.717, 1.165) is 22.1 Å². The zero-order valence-corrected chi connectivity index (χ0v) is 12.0. The third kappa shape index (κ3) is 3.82. The summed E-state index contributed by atoms with van der Waals surface area (Å²) < 4.78 is 6.11. The Morgan fingerprint density at radius 1 is 1.47 bits per heavy atom. The van der Waals surface area contributed by atoms with Gasteiger partial charge in [-0.25, -0.2) is 4.79 Å². The minimum Gasteiger partial charge on any atom is -0.465 e. The molecule has 0 heterocycles. The Hall–Kier alpha value is -0.870. The summed E-state index contributed by atoms with van der Waals surface area (Å²) in [5, 5.41) is 3.14. The average Bonchev–Trinajstić information content (AvgIpc) is 2.30. The molecule has 0 radical (unpaired) electrons. The van der Waals surface area contributed by atoms with Crippen LogP contribution in [0.1, 0.15) is 31.0 Å². The van der Waals surface area contributed by atoms with E-state index in [4.69, 9.17) is 4.74 Å². The third-order valence-corrected chi connectivity index (χ3v) is 3.34. The zero-order chi connectivity index (χ0) is 12.8. The lowest BCUT2D eigenvalue weighted by Crippen LogP contribution is -2.30. The Labute approximate surface area is 111 Å². The Morgan fingerprint density at radius 3 is 2.71 bits per heavy atom. The quantitative estimate of drug-likeness (QED) is 0.850. The number of carbonyl (C=O) groups is 1. The number of hydrogen-bond donors (Lipinski definition) is 1. The highest BCUT2D eigenvalue weighted by Crippen LogP contribution is 2.22. The molecule has 0 amide bonds. The number of nitrogens with one attached hydrogen (secondary N) is 1. The molecule has 1 rings (SSSR count). The monoisotopic (exact) mass is 299 g/mol. The van der Waals surface area contributed by atoms with Crippen molar-refractivity contribution in [2.75, 3.05) is 13.2 Å². The Balaban J connectivity index is 2.96. The second-order valence-corrected chi connectivity index (χ2v) is 4.61. The Kier molecular flexibility index (Phi) is 5.65. The predicted molar refractivity (Wildman–Crippen MR) is 71.9 cm³/mol. The SMILES string of the molecule is CCNC(C(=O)OCC)c1ccc(Br)c(C)c1. The standard InChI is InChI=1S/C13H18BrNO2/c1-4-15-12(13(16)17-5-2)10-6-7-11(14)9(3)8-10/h6-8,12,15H,4-5H2,1-3H3. The summed E-state index contributed by atoms with van der Waals surface area (Å²) in [6.45, 7) is 6.91. The molecule has 0 aliphatic heterocycles. The van der Waals surface area contributed by atoms with Crippen LogP contribution in [0.4, 0.5) is 0 Å². The van der Waals surface area contributed by atoms with E-state index < -0.39 is 0 Å². The molecular formula is C13H18BrNO2. The Bertz CT molecular complexity index is 393. The van der Waals surface area contributed by atoms with E-state index in [1.165, 1.54) is 0 Å². The molecule has 3 nitrogen and oxygen atoms in total. The van der Waals surface area contributed by atoms with Gasteiger partial charge in [0.2, 0.25) is 0 Å². The first-order chi connectivity index (χ1) is 8.10. The molecule has 1 aromatic carbocycles. The van der Waals surface area contributed by atoms with Crippen LogP contribution in [-0.2, 0) is 9.53 Å². The van der Waals surface area contributed by atoms with Gasteiger partial charge >= 0.3 is 5.97 Å². The van der Waals surface area contributed by atoms with Crippen molar-refractivity contribution in [3.05, 3.63) is 33.8 Å². The van der Waals surface area contributed by atoms with Gasteiger partial charge in [-0.15, -0.1) is 0 Å². The largest absolute Gasteiger partial charge is 0.465 e. The van der Waals surface area contributed by atoms with Gasteiger partial charge in [-0.2, -0.15) is 0 Å². The van der Waals surface area contributed by atoms with Crippen molar-refractivity contribution in [2.24, 2.45) is 0 Å². The van der Waals surface area contributed by atoms with E-state index in [2.05, 4.69) is 21.2 Å². The van der Waals surface area contributed by atoms with Crippen LogP contribution in [0.15, 0.2) is 22.7 Å². The fourth-order valence-corrected chi connectivity index (χ4v) is 1.86. The van der Waals surface area contributed by atoms with Gasteiger partial charge in [0.15, 0.2) is 0 Å². The number of carbonyl (C=O) groups excluding carboxylic acids is 1. The molecule has 94 valence electrons. The van der Waals surface area contributed by atoms with Crippen molar-refractivity contribution in [2.45, 2.75) is 26.8 Å². The van der Waals surface area contributed by atoms with Gasteiger partial charge in [0.25, 0.3) is 0 Å². The van der Waals surface area contributed by atoms with Crippen molar-refractivity contribution in [3.8, 4) is 0 Å². The second-order valence-electron chi connectivity index (χ2n) is 3.75. The topological polar surface area (TPSA) is 38.3 Å². The number of esters is 1. The highest BCUT2D eigenvalue weighted by Gasteiger charge is 2.20. The van der Waals surface area contributed by atoms with Gasteiger partial charge in [-0.1, -0.05) is 35.0 Å². The molecule has 0 spiro atoms. The lowest BCUT2D eigenvalue weighted by Gasteiger charge is -2.17. The first kappa shape index (κ1) is 14.2. The van der Waals surface area contributed by atoms with Crippen LogP contribution in [-0.4, -0.2) is 19.1 Å². The molecule has 0 aliphatic carbocycles. The van der Waals surface area contributed by atoms with Crippen LogP contribution in [0.2, 0.25) is 0 Å². The van der Waals surface area contributed by atoms with E-state index in [-0.39, 0.29) is 12.0 Å². The molecule has 4 heteroatoms. The van der Waals surface area contributed by atoms with Gasteiger partial charge in [0, 0.05) is 4.47 Å². The van der Waals surface area contributed by atoms with E-state index in [0.29, 0.717) is 6.61 Å². The van der Waals surface area contributed by atoms with E-state index >= 15 is 0 Å². The van der Waals surface area contributed by atoms with Crippen molar-refractivity contribution in [3.63, 3.8) is 0 Å². The fourth-order valence-electron chi connectivity index (χ4n) is 1.61. The van der Waals surface area contributed by atoms with Crippen molar-refractivity contribution >= 4 is 21.9 Å². The summed E-state index contributed by atoms with van der Waals surface area (Å²) in [5.41, 5.74) is 2.04. The van der Waals surface area contributed by atoms with Crippen LogP contribution in [0, 0.1) is 6.92 Å². The molecule has 1 N–H and O–H groups in total. The molecular weight excluding hydrogens is 282 g/mol. The minimum atomic E-state index is -0.383. The summed E-state index contributed by atoms with van der Waals surface area (Å²) in [6, 6.07) is 5.50. The summed E-state index contributed by atoms with van der Waals surface area (Å²) in [7, 11) is 0. The smallest absolute Gasteiger partial charge is 0.327 e. The molecule has 0 bridgehead atoms. The first-order valence-electron chi connectivity index (χ1n) is 5.76. The maximum atomic E-state index is 11.8. The number of halogens is 1. The first-order valence-corrected chi connectivity index (χ1v) is 6.55. The lowest BCUT2D eigenvalue weighted by molar-refractivity contribution is -0.145. The number of likely N-dealkylation sites (N-methyl/N-ethyl adjacent to an activating group) is 1. The number of hydrogen-bond acceptors (Lipinski definition) is 3. The van der Waals surface area contributed by atoms with Crippen LogP contribution < -0.4 is 5.32 Å². The maximum absolute atomic E-state index is 11.8. The van der Waals surface area contributed by atoms with E-state index in [1.54, 1.807) is 0 Å². The molecule has 0 fully saturated rings. The maximum Gasteiger partial charge on any atom is 0.327 e. The van der Waals surface area contributed by atoms with E-state index in [1.807, 2.05) is 39.0 Å². The summed E-state index contributed by atoms with van der Waals surface area (Å²) >= 11 is 3.45. The third-order valence-electron chi connectivity index (χ3n) is 2.45. The summed E-state index contributed by atoms with van der Waals surface area (Å²) in [4.78, 5) is 11.8. The molecule has 0 saturated heterocycles. The number of benzene rings is 1. The predicted octanol–water partition coefficient (Wildman–Crippen LogP) is 2.97. The molecule has 1 unspecified atom stereocenters. The van der Waals surface area contributed by atoms with Gasteiger partial charge < -0.3 is 10.1 Å². The molecule has 0 aliphatic rings. The summed E-state index contributed by atoms with van der Waals surface area (Å²) in [6.07, 6.45) is 0. The molecule has 1 aromatic rings. The Morgan fingerprint density at radius 2 is 2.18 bits per heavy atom. The minimum absolute atomic E-state index is 0.226. The van der Waals surface area contributed by atoms with Crippen molar-refractivity contribution in [1.82, 2.24) is 5.32 Å². The fraction of sp³-hybridized carbons (Fsp3) is 0.462. The van der Waals surface area contributed by atoms with Crippen molar-refractivity contribution < 1.29 is 9.53 Å². The second kappa shape index (κ2) is 6.77. The van der Waals surface area contributed by atoms with Crippen LogP contribution >= 0.6 is 15.9 Å². The van der Waals surface area contributed by atoms with Gasteiger partial charge in [0.1, 0.15) is 6.04 Å². The average molecular weight is 300 g/mol. The van der Waals surface area contributed by atoms with Gasteiger partial charge in [0.05, 0.1) is 6.61 Å². The number of aryl methyl sites for hydroxylation is 1. The van der Waals surface area contributed by atoms with Crippen molar-refractivity contribution in [1.29, 1.82) is 0 Å². The normalized spacial score (nSPS) is 12.2. The van der Waals surface area contributed by atoms with Crippen LogP contribution in [0.3, 0.4) is 0 Å². The van der Waals surface area contributed by atoms with Gasteiger partial charge in [-0.3, -0.25) is 0 Å². The van der Waals surface area contributed by atoms with Gasteiger partial charge in [-0.05, 0) is 37.6 Å². The number of ether oxygens (including phenoxy) is 1. The lowest BCUT2D eigenvalue weighted by atomic mass is 10.0. The highest BCUT2D eigenvalue weighted by atomic mass is 79.9.